The van der Waals surface area contributed by atoms with Gasteiger partial charge in [-0.15, -0.1) is 0 Å². The van der Waals surface area contributed by atoms with Crippen molar-refractivity contribution >= 4 is 37.5 Å². The van der Waals surface area contributed by atoms with Crippen LogP contribution in [0, 0.1) is 16.0 Å². The third-order valence-corrected chi connectivity index (χ3v) is 6.88. The van der Waals surface area contributed by atoms with E-state index in [1.165, 1.54) is 25.1 Å². The summed E-state index contributed by atoms with van der Waals surface area (Å²) in [5, 5.41) is 12.7. The lowest BCUT2D eigenvalue weighted by Gasteiger charge is -2.24. The van der Waals surface area contributed by atoms with E-state index in [9.17, 15) is 23.3 Å². The lowest BCUT2D eigenvalue weighted by molar-refractivity contribution is -0.385. The highest BCUT2D eigenvalue weighted by molar-refractivity contribution is 9.10. The number of nitrogens with one attached hydrogen (secondary N) is 1. The predicted octanol–water partition coefficient (Wildman–Crippen LogP) is 3.99. The van der Waals surface area contributed by atoms with Gasteiger partial charge in [-0.1, -0.05) is 19.9 Å². The van der Waals surface area contributed by atoms with Gasteiger partial charge in [0.15, 0.2) is 9.84 Å². The Bertz CT molecular complexity index is 795. The Balaban J connectivity index is 3.04. The first-order valence-electron chi connectivity index (χ1n) is 8.47. The largest absolute Gasteiger partial charge is 0.447 e. The summed E-state index contributed by atoms with van der Waals surface area (Å²) in [6.45, 7) is 8.47. The average molecular weight is 465 g/mol. The minimum absolute atomic E-state index is 0.147. The second-order valence-corrected chi connectivity index (χ2v) is 10.1. The first-order valence-corrected chi connectivity index (χ1v) is 11.0. The molecule has 0 radical (unpaired) electrons. The number of carbonyl (C=O) groups is 1. The van der Waals surface area contributed by atoms with Crippen molar-refractivity contribution in [1.82, 2.24) is 5.32 Å². The fourth-order valence-electron chi connectivity index (χ4n) is 2.32. The average Bonchev–Trinajstić information content (AvgIpc) is 2.52. The topological polar surface area (TPSA) is 116 Å². The van der Waals surface area contributed by atoms with E-state index in [2.05, 4.69) is 21.2 Å². The molecule has 1 rings (SSSR count). The molecule has 0 heterocycles. The van der Waals surface area contributed by atoms with Gasteiger partial charge in [-0.2, -0.15) is 0 Å². The standard InChI is InChI=1S/C17H25BrN2O6S/c1-10(2)15(19-17(21)26-11(3)4)9-27(24,25)12(5)13-6-7-14(18)16(8-13)20(22)23/h6-8,10-12,15H,9H2,1-5H3,(H,19,21)/t12?,15-/m1/s1. The first kappa shape index (κ1) is 23.4. The summed E-state index contributed by atoms with van der Waals surface area (Å²) in [5.74, 6) is -0.450. The van der Waals surface area contributed by atoms with Gasteiger partial charge in [0.2, 0.25) is 0 Å². The van der Waals surface area contributed by atoms with Crippen LogP contribution in [0.25, 0.3) is 0 Å². The molecule has 8 nitrogen and oxygen atoms in total. The molecule has 152 valence electrons. The van der Waals surface area contributed by atoms with Gasteiger partial charge in [0.05, 0.1) is 26.5 Å². The van der Waals surface area contributed by atoms with Crippen molar-refractivity contribution in [2.45, 2.75) is 52.0 Å². The van der Waals surface area contributed by atoms with E-state index in [1.807, 2.05) is 0 Å². The minimum atomic E-state index is -3.70. The molecule has 1 amide bonds. The van der Waals surface area contributed by atoms with E-state index in [0.29, 0.717) is 5.56 Å². The monoisotopic (exact) mass is 464 g/mol. The number of rotatable bonds is 8. The summed E-state index contributed by atoms with van der Waals surface area (Å²) in [5.41, 5.74) is 0.116. The summed E-state index contributed by atoms with van der Waals surface area (Å²) in [4.78, 5) is 22.4. The molecule has 1 N–H and O–H groups in total. The van der Waals surface area contributed by atoms with E-state index in [1.54, 1.807) is 27.7 Å². The fraction of sp³-hybridized carbons (Fsp3) is 0.588. The highest BCUT2D eigenvalue weighted by Crippen LogP contribution is 2.31. The van der Waals surface area contributed by atoms with E-state index in [0.717, 1.165) is 0 Å². The Morgan fingerprint density at radius 3 is 2.33 bits per heavy atom. The van der Waals surface area contributed by atoms with Crippen LogP contribution in [0.1, 0.15) is 45.4 Å². The molecule has 10 heteroatoms. The number of alkyl carbamates (subject to hydrolysis) is 1. The Kier molecular flexibility index (Phi) is 8.22. The predicted molar refractivity (Wildman–Crippen MR) is 106 cm³/mol. The summed E-state index contributed by atoms with van der Waals surface area (Å²) in [6.07, 6.45) is -0.998. The van der Waals surface area contributed by atoms with E-state index in [-0.39, 0.29) is 27.9 Å². The van der Waals surface area contributed by atoms with Crippen LogP contribution in [-0.4, -0.2) is 37.3 Å². The number of carbonyl (C=O) groups excluding carboxylic acids is 1. The molecule has 0 saturated heterocycles. The number of hydrogen-bond acceptors (Lipinski definition) is 6. The van der Waals surface area contributed by atoms with Gasteiger partial charge in [0, 0.05) is 12.1 Å². The molecule has 1 unspecified atom stereocenters. The number of nitrogens with zero attached hydrogens (tertiary/aromatic N) is 1. The van der Waals surface area contributed by atoms with Crippen LogP contribution >= 0.6 is 15.9 Å². The van der Waals surface area contributed by atoms with Gasteiger partial charge in [-0.3, -0.25) is 10.1 Å². The molecule has 1 aromatic carbocycles. The molecule has 0 aromatic heterocycles. The SMILES string of the molecule is CC(C)OC(=O)N[C@H](CS(=O)(=O)C(C)c1ccc(Br)c([N+](=O)[O-])c1)C(C)C. The number of hydrogen-bond donors (Lipinski definition) is 1. The Labute approximate surface area is 167 Å². The van der Waals surface area contributed by atoms with Gasteiger partial charge < -0.3 is 10.1 Å². The molecule has 0 aliphatic carbocycles. The molecule has 0 spiro atoms. The van der Waals surface area contributed by atoms with E-state index >= 15 is 0 Å². The number of halogens is 1. The number of amides is 1. The molecule has 0 bridgehead atoms. The van der Waals surface area contributed by atoms with Crippen molar-refractivity contribution < 1.29 is 22.9 Å². The molecule has 0 aliphatic rings. The Hall–Kier alpha value is -1.68. The maximum absolute atomic E-state index is 12.8. The quantitative estimate of drug-likeness (QED) is 0.459. The van der Waals surface area contributed by atoms with Gasteiger partial charge in [0.1, 0.15) is 0 Å². The van der Waals surface area contributed by atoms with Crippen molar-refractivity contribution in [3.8, 4) is 0 Å². The van der Waals surface area contributed by atoms with Crippen molar-refractivity contribution in [3.63, 3.8) is 0 Å². The third kappa shape index (κ3) is 6.76. The maximum atomic E-state index is 12.8. The van der Waals surface area contributed by atoms with Gasteiger partial charge in [0.25, 0.3) is 5.69 Å². The molecular formula is C17H25BrN2O6S. The minimum Gasteiger partial charge on any atom is -0.447 e. The second kappa shape index (κ2) is 9.50. The maximum Gasteiger partial charge on any atom is 0.407 e. The van der Waals surface area contributed by atoms with Crippen LogP contribution in [0.4, 0.5) is 10.5 Å². The normalized spacial score (nSPS) is 14.1. The van der Waals surface area contributed by atoms with Crippen LogP contribution in [-0.2, 0) is 14.6 Å². The number of sulfone groups is 1. The number of nitro benzene ring substituents is 1. The Morgan fingerprint density at radius 2 is 1.85 bits per heavy atom. The smallest absolute Gasteiger partial charge is 0.407 e. The van der Waals surface area contributed by atoms with Gasteiger partial charge >= 0.3 is 6.09 Å². The number of nitro groups is 1. The number of ether oxygens (including phenoxy) is 1. The number of benzene rings is 1. The summed E-state index contributed by atoms with van der Waals surface area (Å²) in [7, 11) is -3.70. The molecule has 27 heavy (non-hydrogen) atoms. The van der Waals surface area contributed by atoms with Crippen LogP contribution in [0.2, 0.25) is 0 Å². The molecule has 0 fully saturated rings. The highest BCUT2D eigenvalue weighted by atomic mass is 79.9. The van der Waals surface area contributed by atoms with Crippen LogP contribution in [0.3, 0.4) is 0 Å². The van der Waals surface area contributed by atoms with Crippen LogP contribution < -0.4 is 5.32 Å². The van der Waals surface area contributed by atoms with E-state index < -0.39 is 32.1 Å². The van der Waals surface area contributed by atoms with Gasteiger partial charge in [-0.25, -0.2) is 13.2 Å². The van der Waals surface area contributed by atoms with Crippen molar-refractivity contribution in [2.75, 3.05) is 5.75 Å². The molecule has 0 saturated carbocycles. The van der Waals surface area contributed by atoms with Crippen molar-refractivity contribution in [1.29, 1.82) is 0 Å². The Morgan fingerprint density at radius 1 is 1.26 bits per heavy atom. The molecule has 1 aromatic rings. The lowest BCUT2D eigenvalue weighted by Crippen LogP contribution is -2.44. The third-order valence-electron chi connectivity index (χ3n) is 4.04. The zero-order valence-electron chi connectivity index (χ0n) is 15.9. The highest BCUT2D eigenvalue weighted by Gasteiger charge is 2.30. The molecular weight excluding hydrogens is 440 g/mol. The van der Waals surface area contributed by atoms with Crippen molar-refractivity contribution in [3.05, 3.63) is 38.3 Å². The summed E-state index contributed by atoms with van der Waals surface area (Å²) >= 11 is 3.08. The van der Waals surface area contributed by atoms with Gasteiger partial charge in [-0.05, 0) is 54.2 Å². The first-order chi connectivity index (χ1) is 12.3. The fourth-order valence-corrected chi connectivity index (χ4v) is 4.53. The van der Waals surface area contributed by atoms with Crippen molar-refractivity contribution in [2.24, 2.45) is 5.92 Å². The summed E-state index contributed by atoms with van der Waals surface area (Å²) < 4.78 is 31.0. The molecule has 2 atom stereocenters. The summed E-state index contributed by atoms with van der Waals surface area (Å²) in [6, 6.07) is 3.59. The van der Waals surface area contributed by atoms with Crippen LogP contribution in [0.15, 0.2) is 22.7 Å². The lowest BCUT2D eigenvalue weighted by atomic mass is 10.1. The zero-order valence-corrected chi connectivity index (χ0v) is 18.3. The zero-order chi connectivity index (χ0) is 20.9. The molecule has 0 aliphatic heterocycles. The van der Waals surface area contributed by atoms with E-state index in [4.69, 9.17) is 4.74 Å². The second-order valence-electron chi connectivity index (χ2n) is 6.89. The van der Waals surface area contributed by atoms with Crippen LogP contribution in [0.5, 0.6) is 0 Å².